The molecule has 9 nitrogen and oxygen atoms in total. The number of benzene rings is 2. The van der Waals surface area contributed by atoms with Gasteiger partial charge in [-0.25, -0.2) is 14.8 Å². The van der Waals surface area contributed by atoms with E-state index in [2.05, 4.69) is 4.98 Å². The fourth-order valence-electron chi connectivity index (χ4n) is 4.20. The molecule has 0 amide bonds. The lowest BCUT2D eigenvalue weighted by molar-refractivity contribution is 0.0499. The summed E-state index contributed by atoms with van der Waals surface area (Å²) in [5.41, 5.74) is 2.96. The normalized spacial score (nSPS) is 10.8. The Bertz CT molecular complexity index is 1380. The van der Waals surface area contributed by atoms with Crippen LogP contribution in [0.2, 0.25) is 0 Å². The highest BCUT2D eigenvalue weighted by molar-refractivity contribution is 6.08. The predicted molar refractivity (Wildman–Crippen MR) is 140 cm³/mol. The van der Waals surface area contributed by atoms with Crippen molar-refractivity contribution in [3.05, 3.63) is 60.3 Å². The van der Waals surface area contributed by atoms with Gasteiger partial charge in [-0.15, -0.1) is 0 Å². The number of carbonyl (C=O) groups is 1. The van der Waals surface area contributed by atoms with Gasteiger partial charge in [0.2, 0.25) is 0 Å². The van der Waals surface area contributed by atoms with Crippen LogP contribution in [0.15, 0.2) is 49.1 Å². The standard InChI is InChI=1S/C28H31N3O6/c1-6-7-12-37-28(32)27-21(16-31-11-10-29-17-31)30-20-15-25(36-5)24(35-4)14-19(20)26(27)18-8-9-22(33-2)23(13-18)34-3/h8-11,13-15,17H,6-7,12,16H2,1-5H3. The third kappa shape index (κ3) is 5.30. The topological polar surface area (TPSA) is 93.9 Å². The Balaban J connectivity index is 2.06. The van der Waals surface area contributed by atoms with Gasteiger partial charge in [-0.1, -0.05) is 19.4 Å². The number of methoxy groups -OCH3 is 4. The van der Waals surface area contributed by atoms with Crippen molar-refractivity contribution in [2.75, 3.05) is 35.0 Å². The molecule has 0 N–H and O–H groups in total. The monoisotopic (exact) mass is 505 g/mol. The fourth-order valence-corrected chi connectivity index (χ4v) is 4.20. The number of ether oxygens (including phenoxy) is 5. The van der Waals surface area contributed by atoms with E-state index in [-0.39, 0.29) is 0 Å². The maximum atomic E-state index is 13.7. The van der Waals surface area contributed by atoms with Crippen LogP contribution in [-0.2, 0) is 11.3 Å². The molecule has 0 bridgehead atoms. The second-order valence-electron chi connectivity index (χ2n) is 8.33. The molecule has 2 aromatic carbocycles. The molecular weight excluding hydrogens is 474 g/mol. The number of pyridine rings is 1. The molecule has 0 radical (unpaired) electrons. The van der Waals surface area contributed by atoms with Crippen molar-refractivity contribution in [1.29, 1.82) is 0 Å². The van der Waals surface area contributed by atoms with E-state index < -0.39 is 5.97 Å². The number of aromatic nitrogens is 3. The van der Waals surface area contributed by atoms with Crippen LogP contribution < -0.4 is 18.9 Å². The molecule has 2 heterocycles. The van der Waals surface area contributed by atoms with Crippen molar-refractivity contribution in [2.45, 2.75) is 26.3 Å². The number of carbonyl (C=O) groups excluding carboxylic acids is 1. The third-order valence-electron chi connectivity index (χ3n) is 6.06. The summed E-state index contributed by atoms with van der Waals surface area (Å²) in [4.78, 5) is 22.7. The highest BCUT2D eigenvalue weighted by atomic mass is 16.5. The first-order valence-electron chi connectivity index (χ1n) is 12.0. The molecular formula is C28H31N3O6. The van der Waals surface area contributed by atoms with Gasteiger partial charge in [-0.05, 0) is 30.2 Å². The minimum Gasteiger partial charge on any atom is -0.493 e. The van der Waals surface area contributed by atoms with Crippen LogP contribution in [0.4, 0.5) is 0 Å². The first kappa shape index (κ1) is 25.8. The summed E-state index contributed by atoms with van der Waals surface area (Å²) in [5, 5.41) is 0.710. The van der Waals surface area contributed by atoms with Crippen molar-refractivity contribution in [2.24, 2.45) is 0 Å². The minimum absolute atomic E-state index is 0.315. The average Bonchev–Trinajstić information content (AvgIpc) is 3.44. The minimum atomic E-state index is -0.447. The van der Waals surface area contributed by atoms with Crippen LogP contribution in [0.3, 0.4) is 0 Å². The first-order chi connectivity index (χ1) is 18.0. The number of nitrogens with zero attached hydrogens (tertiary/aromatic N) is 3. The summed E-state index contributed by atoms with van der Waals surface area (Å²) < 4.78 is 29.7. The summed E-state index contributed by atoms with van der Waals surface area (Å²) >= 11 is 0. The van der Waals surface area contributed by atoms with E-state index in [0.717, 1.165) is 18.4 Å². The summed E-state index contributed by atoms with van der Waals surface area (Å²) in [6.45, 7) is 2.68. The number of hydrogen-bond acceptors (Lipinski definition) is 8. The van der Waals surface area contributed by atoms with Crippen molar-refractivity contribution < 1.29 is 28.5 Å². The largest absolute Gasteiger partial charge is 0.493 e. The molecule has 0 unspecified atom stereocenters. The van der Waals surface area contributed by atoms with Crippen LogP contribution in [0.1, 0.15) is 35.8 Å². The van der Waals surface area contributed by atoms with Gasteiger partial charge in [0.25, 0.3) is 0 Å². The zero-order valence-electron chi connectivity index (χ0n) is 21.7. The molecule has 0 atom stereocenters. The molecule has 0 saturated heterocycles. The van der Waals surface area contributed by atoms with Gasteiger partial charge in [0.05, 0.1) is 64.7 Å². The number of imidazole rings is 1. The second kappa shape index (κ2) is 11.6. The highest BCUT2D eigenvalue weighted by Gasteiger charge is 2.26. The molecule has 0 saturated carbocycles. The Labute approximate surface area is 215 Å². The maximum absolute atomic E-state index is 13.7. The maximum Gasteiger partial charge on any atom is 0.340 e. The Hall–Kier alpha value is -4.27. The first-order valence-corrected chi connectivity index (χ1v) is 12.0. The van der Waals surface area contributed by atoms with Gasteiger partial charge in [0, 0.05) is 29.4 Å². The number of fused-ring (bicyclic) bond motifs is 1. The van der Waals surface area contributed by atoms with Crippen LogP contribution in [-0.4, -0.2) is 55.6 Å². The quantitative estimate of drug-likeness (QED) is 0.204. The SMILES string of the molecule is CCCCOC(=O)c1c(Cn2ccnc2)nc2cc(OC)c(OC)cc2c1-c1ccc(OC)c(OC)c1. The summed E-state index contributed by atoms with van der Waals surface area (Å²) in [6.07, 6.45) is 6.86. The zero-order valence-corrected chi connectivity index (χ0v) is 21.7. The molecule has 0 spiro atoms. The second-order valence-corrected chi connectivity index (χ2v) is 8.33. The average molecular weight is 506 g/mol. The van der Waals surface area contributed by atoms with Crippen molar-refractivity contribution >= 4 is 16.9 Å². The van der Waals surface area contributed by atoms with Crippen molar-refractivity contribution in [1.82, 2.24) is 14.5 Å². The van der Waals surface area contributed by atoms with E-state index in [9.17, 15) is 4.79 Å². The molecule has 0 aliphatic rings. The Morgan fingerprint density at radius 2 is 1.62 bits per heavy atom. The van der Waals surface area contributed by atoms with E-state index in [1.54, 1.807) is 41.0 Å². The van der Waals surface area contributed by atoms with E-state index in [4.69, 9.17) is 28.7 Å². The van der Waals surface area contributed by atoms with Gasteiger partial charge in [0.15, 0.2) is 23.0 Å². The van der Waals surface area contributed by atoms with Gasteiger partial charge in [-0.3, -0.25) is 0 Å². The number of unbranched alkanes of at least 4 members (excludes halogenated alkanes) is 1. The lowest BCUT2D eigenvalue weighted by Gasteiger charge is -2.19. The summed E-state index contributed by atoms with van der Waals surface area (Å²) in [5.74, 6) is 1.72. The Morgan fingerprint density at radius 3 is 2.27 bits per heavy atom. The van der Waals surface area contributed by atoms with E-state index in [0.29, 0.717) is 63.9 Å². The van der Waals surface area contributed by atoms with E-state index in [1.165, 1.54) is 0 Å². The molecule has 37 heavy (non-hydrogen) atoms. The highest BCUT2D eigenvalue weighted by Crippen LogP contribution is 2.42. The van der Waals surface area contributed by atoms with Gasteiger partial charge < -0.3 is 28.3 Å². The van der Waals surface area contributed by atoms with Crippen molar-refractivity contribution in [3.8, 4) is 34.1 Å². The number of esters is 1. The van der Waals surface area contributed by atoms with Crippen LogP contribution >= 0.6 is 0 Å². The van der Waals surface area contributed by atoms with Crippen LogP contribution in [0.5, 0.6) is 23.0 Å². The lowest BCUT2D eigenvalue weighted by atomic mass is 9.93. The molecule has 9 heteroatoms. The van der Waals surface area contributed by atoms with E-state index >= 15 is 0 Å². The summed E-state index contributed by atoms with van der Waals surface area (Å²) in [7, 11) is 6.30. The van der Waals surface area contributed by atoms with Crippen LogP contribution in [0, 0.1) is 0 Å². The number of hydrogen-bond donors (Lipinski definition) is 0. The van der Waals surface area contributed by atoms with Crippen LogP contribution in [0.25, 0.3) is 22.0 Å². The van der Waals surface area contributed by atoms with Gasteiger partial charge in [0.1, 0.15) is 0 Å². The molecule has 0 aliphatic heterocycles. The van der Waals surface area contributed by atoms with E-state index in [1.807, 2.05) is 48.0 Å². The Morgan fingerprint density at radius 1 is 0.919 bits per heavy atom. The molecule has 194 valence electrons. The summed E-state index contributed by atoms with van der Waals surface area (Å²) in [6, 6.07) is 9.17. The number of rotatable bonds is 11. The van der Waals surface area contributed by atoms with Gasteiger partial charge in [-0.2, -0.15) is 0 Å². The Kier molecular flexibility index (Phi) is 8.12. The molecule has 2 aromatic heterocycles. The van der Waals surface area contributed by atoms with Gasteiger partial charge >= 0.3 is 5.97 Å². The molecule has 4 rings (SSSR count). The van der Waals surface area contributed by atoms with Crippen molar-refractivity contribution in [3.63, 3.8) is 0 Å². The zero-order chi connectivity index (χ0) is 26.4. The smallest absolute Gasteiger partial charge is 0.340 e. The lowest BCUT2D eigenvalue weighted by Crippen LogP contribution is -2.15. The molecule has 0 fully saturated rings. The fraction of sp³-hybridized carbons (Fsp3) is 0.321. The third-order valence-corrected chi connectivity index (χ3v) is 6.06. The molecule has 4 aromatic rings. The molecule has 0 aliphatic carbocycles. The predicted octanol–water partition coefficient (Wildman–Crippen LogP) is 5.14.